The third kappa shape index (κ3) is 2.46. The van der Waals surface area contributed by atoms with Crippen LogP contribution in [0.25, 0.3) is 10.2 Å². The summed E-state index contributed by atoms with van der Waals surface area (Å²) in [6, 6.07) is 6.00. The molecular weight excluding hydrogens is 258 g/mol. The molecule has 0 aromatic carbocycles. The molecule has 0 saturated heterocycles. The number of anilines is 1. The molecule has 98 valence electrons. The van der Waals surface area contributed by atoms with E-state index in [4.69, 9.17) is 4.42 Å². The average Bonchev–Trinajstić information content (AvgIpc) is 3.04. The van der Waals surface area contributed by atoms with Crippen LogP contribution in [0.3, 0.4) is 0 Å². The summed E-state index contributed by atoms with van der Waals surface area (Å²) in [5, 5.41) is 4.43. The van der Waals surface area contributed by atoms with Gasteiger partial charge in [0.15, 0.2) is 0 Å². The van der Waals surface area contributed by atoms with Gasteiger partial charge in [0.1, 0.15) is 22.2 Å². The predicted octanol–water partition coefficient (Wildman–Crippen LogP) is 3.77. The minimum absolute atomic E-state index is 0.635. The third-order valence-corrected chi connectivity index (χ3v) is 4.09. The molecular formula is C14H15N3OS. The molecule has 0 saturated carbocycles. The number of rotatable bonds is 4. The standard InChI is InChI=1S/C14H15N3OS/c1-3-11-7-12-13(15-8-10-5-4-6-18-10)16-9(2)17-14(12)19-11/h4-7H,3,8H2,1-2H3,(H,15,16,17). The van der Waals surface area contributed by atoms with E-state index in [2.05, 4.69) is 28.3 Å². The number of nitrogens with one attached hydrogen (secondary N) is 1. The highest BCUT2D eigenvalue weighted by atomic mass is 32.1. The number of furan rings is 1. The van der Waals surface area contributed by atoms with Crippen LogP contribution in [0.15, 0.2) is 28.9 Å². The Morgan fingerprint density at radius 3 is 3.00 bits per heavy atom. The van der Waals surface area contributed by atoms with Gasteiger partial charge in [0.05, 0.1) is 18.2 Å². The minimum Gasteiger partial charge on any atom is -0.467 e. The number of fused-ring (bicyclic) bond motifs is 1. The number of aryl methyl sites for hydroxylation is 2. The van der Waals surface area contributed by atoms with E-state index in [-0.39, 0.29) is 0 Å². The zero-order chi connectivity index (χ0) is 13.2. The van der Waals surface area contributed by atoms with Gasteiger partial charge in [-0.15, -0.1) is 11.3 Å². The van der Waals surface area contributed by atoms with Crippen molar-refractivity contribution in [2.24, 2.45) is 0 Å². The van der Waals surface area contributed by atoms with Crippen LogP contribution in [0.5, 0.6) is 0 Å². The van der Waals surface area contributed by atoms with Crippen molar-refractivity contribution in [3.05, 3.63) is 40.9 Å². The minimum atomic E-state index is 0.635. The van der Waals surface area contributed by atoms with E-state index in [0.717, 1.165) is 34.0 Å². The SMILES string of the molecule is CCc1cc2c(NCc3ccco3)nc(C)nc2s1. The van der Waals surface area contributed by atoms with E-state index >= 15 is 0 Å². The van der Waals surface area contributed by atoms with Crippen LogP contribution < -0.4 is 5.32 Å². The highest BCUT2D eigenvalue weighted by Crippen LogP contribution is 2.29. The van der Waals surface area contributed by atoms with E-state index in [1.165, 1.54) is 4.88 Å². The van der Waals surface area contributed by atoms with Crippen molar-refractivity contribution in [1.82, 2.24) is 9.97 Å². The molecule has 0 aliphatic carbocycles. The summed E-state index contributed by atoms with van der Waals surface area (Å²) in [5.41, 5.74) is 0. The average molecular weight is 273 g/mol. The van der Waals surface area contributed by atoms with Gasteiger partial charge in [-0.1, -0.05) is 6.92 Å². The Kier molecular flexibility index (Phi) is 3.21. The Bertz CT molecular complexity index is 688. The number of hydrogen-bond donors (Lipinski definition) is 1. The lowest BCUT2D eigenvalue weighted by Crippen LogP contribution is -2.02. The van der Waals surface area contributed by atoms with E-state index in [1.807, 2.05) is 19.1 Å². The lowest BCUT2D eigenvalue weighted by molar-refractivity contribution is 0.518. The Labute approximate surface area is 115 Å². The second-order valence-corrected chi connectivity index (χ2v) is 5.45. The molecule has 0 aliphatic rings. The van der Waals surface area contributed by atoms with Gasteiger partial charge in [-0.05, 0) is 31.5 Å². The zero-order valence-electron chi connectivity index (χ0n) is 10.9. The van der Waals surface area contributed by atoms with Crippen LogP contribution in [0, 0.1) is 6.92 Å². The second kappa shape index (κ2) is 5.01. The fourth-order valence-corrected chi connectivity index (χ4v) is 2.98. The molecule has 0 radical (unpaired) electrons. The van der Waals surface area contributed by atoms with Crippen LogP contribution in [0.4, 0.5) is 5.82 Å². The molecule has 5 heteroatoms. The maximum absolute atomic E-state index is 5.32. The molecule has 0 aliphatic heterocycles. The molecule has 0 bridgehead atoms. The lowest BCUT2D eigenvalue weighted by Gasteiger charge is -2.05. The molecule has 0 unspecified atom stereocenters. The molecule has 0 spiro atoms. The Morgan fingerprint density at radius 2 is 2.26 bits per heavy atom. The van der Waals surface area contributed by atoms with Gasteiger partial charge in [0.2, 0.25) is 0 Å². The van der Waals surface area contributed by atoms with Gasteiger partial charge >= 0.3 is 0 Å². The summed E-state index contributed by atoms with van der Waals surface area (Å²) in [7, 11) is 0. The maximum Gasteiger partial charge on any atom is 0.138 e. The van der Waals surface area contributed by atoms with Crippen molar-refractivity contribution >= 4 is 27.4 Å². The van der Waals surface area contributed by atoms with Crippen molar-refractivity contribution in [2.45, 2.75) is 26.8 Å². The van der Waals surface area contributed by atoms with Gasteiger partial charge in [0, 0.05) is 4.88 Å². The molecule has 4 nitrogen and oxygen atoms in total. The van der Waals surface area contributed by atoms with Gasteiger partial charge < -0.3 is 9.73 Å². The van der Waals surface area contributed by atoms with Crippen molar-refractivity contribution in [1.29, 1.82) is 0 Å². The monoisotopic (exact) mass is 273 g/mol. The van der Waals surface area contributed by atoms with Crippen molar-refractivity contribution in [3.8, 4) is 0 Å². The molecule has 3 aromatic heterocycles. The second-order valence-electron chi connectivity index (χ2n) is 4.34. The summed E-state index contributed by atoms with van der Waals surface area (Å²) >= 11 is 1.73. The fourth-order valence-electron chi connectivity index (χ4n) is 1.97. The molecule has 3 heterocycles. The van der Waals surface area contributed by atoms with Crippen molar-refractivity contribution in [3.63, 3.8) is 0 Å². The van der Waals surface area contributed by atoms with E-state index in [9.17, 15) is 0 Å². The third-order valence-electron chi connectivity index (χ3n) is 2.91. The van der Waals surface area contributed by atoms with E-state index < -0.39 is 0 Å². The number of aromatic nitrogens is 2. The largest absolute Gasteiger partial charge is 0.467 e. The summed E-state index contributed by atoms with van der Waals surface area (Å²) < 4.78 is 5.32. The molecule has 19 heavy (non-hydrogen) atoms. The van der Waals surface area contributed by atoms with Gasteiger partial charge in [-0.3, -0.25) is 0 Å². The molecule has 3 rings (SSSR count). The summed E-state index contributed by atoms with van der Waals surface area (Å²) in [4.78, 5) is 11.4. The molecule has 0 atom stereocenters. The summed E-state index contributed by atoms with van der Waals surface area (Å²) in [6.07, 6.45) is 2.70. The van der Waals surface area contributed by atoms with Gasteiger partial charge in [-0.25, -0.2) is 9.97 Å². The first-order valence-corrected chi connectivity index (χ1v) is 7.11. The first-order chi connectivity index (χ1) is 9.26. The van der Waals surface area contributed by atoms with Gasteiger partial charge in [0.25, 0.3) is 0 Å². The zero-order valence-corrected chi connectivity index (χ0v) is 11.8. The smallest absolute Gasteiger partial charge is 0.138 e. The fraction of sp³-hybridized carbons (Fsp3) is 0.286. The number of thiophene rings is 1. The Hall–Kier alpha value is -1.88. The first-order valence-electron chi connectivity index (χ1n) is 6.29. The van der Waals surface area contributed by atoms with Crippen LogP contribution in [0.2, 0.25) is 0 Å². The van der Waals surface area contributed by atoms with Crippen molar-refractivity contribution in [2.75, 3.05) is 5.32 Å². The number of hydrogen-bond acceptors (Lipinski definition) is 5. The molecule has 0 fully saturated rings. The lowest BCUT2D eigenvalue weighted by atomic mass is 10.3. The normalized spacial score (nSPS) is 11.1. The maximum atomic E-state index is 5.32. The highest BCUT2D eigenvalue weighted by Gasteiger charge is 2.10. The Morgan fingerprint density at radius 1 is 1.37 bits per heavy atom. The van der Waals surface area contributed by atoms with Crippen LogP contribution in [-0.4, -0.2) is 9.97 Å². The topological polar surface area (TPSA) is 51.0 Å². The molecule has 3 aromatic rings. The van der Waals surface area contributed by atoms with Crippen LogP contribution in [-0.2, 0) is 13.0 Å². The summed E-state index contributed by atoms with van der Waals surface area (Å²) in [5.74, 6) is 2.57. The van der Waals surface area contributed by atoms with Crippen molar-refractivity contribution < 1.29 is 4.42 Å². The number of nitrogens with zero attached hydrogens (tertiary/aromatic N) is 2. The highest BCUT2D eigenvalue weighted by molar-refractivity contribution is 7.18. The quantitative estimate of drug-likeness (QED) is 0.786. The molecule has 0 amide bonds. The Balaban J connectivity index is 1.94. The van der Waals surface area contributed by atoms with Gasteiger partial charge in [-0.2, -0.15) is 0 Å². The predicted molar refractivity (Wildman–Crippen MR) is 77.6 cm³/mol. The van der Waals surface area contributed by atoms with Crippen LogP contribution in [0.1, 0.15) is 23.4 Å². The van der Waals surface area contributed by atoms with E-state index in [0.29, 0.717) is 6.54 Å². The molecule has 1 N–H and O–H groups in total. The van der Waals surface area contributed by atoms with Crippen LogP contribution >= 0.6 is 11.3 Å². The summed E-state index contributed by atoms with van der Waals surface area (Å²) in [6.45, 7) is 4.71. The van der Waals surface area contributed by atoms with E-state index in [1.54, 1.807) is 17.6 Å². The first kappa shape index (κ1) is 12.2.